The lowest BCUT2D eigenvalue weighted by molar-refractivity contribution is 0.101. The second-order valence-electron chi connectivity index (χ2n) is 3.93. The van der Waals surface area contributed by atoms with Gasteiger partial charge in [-0.3, -0.25) is 9.89 Å². The van der Waals surface area contributed by atoms with Crippen LogP contribution in [-0.2, 0) is 0 Å². The van der Waals surface area contributed by atoms with Crippen LogP contribution >= 0.6 is 0 Å². The fourth-order valence-electron chi connectivity index (χ4n) is 1.73. The SMILES string of the molecule is CC(=O)c1ccn(-c2nc(C)nc3[nH]ncc23)n1. The molecule has 0 saturated carbocycles. The van der Waals surface area contributed by atoms with E-state index in [4.69, 9.17) is 0 Å². The Morgan fingerprint density at radius 1 is 1.39 bits per heavy atom. The van der Waals surface area contributed by atoms with Gasteiger partial charge < -0.3 is 0 Å². The maximum absolute atomic E-state index is 11.2. The van der Waals surface area contributed by atoms with Crippen LogP contribution in [0.15, 0.2) is 18.5 Å². The Morgan fingerprint density at radius 2 is 2.22 bits per heavy atom. The number of aromatic nitrogens is 6. The van der Waals surface area contributed by atoms with Crippen LogP contribution in [0.1, 0.15) is 23.2 Å². The van der Waals surface area contributed by atoms with Crippen LogP contribution in [0.4, 0.5) is 0 Å². The van der Waals surface area contributed by atoms with Crippen LogP contribution in [0, 0.1) is 6.92 Å². The Balaban J connectivity index is 2.23. The molecule has 0 atom stereocenters. The summed E-state index contributed by atoms with van der Waals surface area (Å²) in [6.45, 7) is 3.27. The molecule has 0 aliphatic carbocycles. The number of aromatic amines is 1. The van der Waals surface area contributed by atoms with Gasteiger partial charge in [-0.2, -0.15) is 10.2 Å². The molecule has 0 saturated heterocycles. The minimum absolute atomic E-state index is 0.0806. The molecule has 1 N–H and O–H groups in total. The van der Waals surface area contributed by atoms with Crippen molar-refractivity contribution in [2.45, 2.75) is 13.8 Å². The van der Waals surface area contributed by atoms with Gasteiger partial charge in [-0.05, 0) is 13.0 Å². The molecule has 3 aromatic heterocycles. The van der Waals surface area contributed by atoms with E-state index in [-0.39, 0.29) is 5.78 Å². The van der Waals surface area contributed by atoms with Gasteiger partial charge in [-0.25, -0.2) is 14.6 Å². The van der Waals surface area contributed by atoms with Crippen molar-refractivity contribution in [1.29, 1.82) is 0 Å². The summed E-state index contributed by atoms with van der Waals surface area (Å²) in [6, 6.07) is 1.66. The zero-order chi connectivity index (χ0) is 12.7. The second-order valence-corrected chi connectivity index (χ2v) is 3.93. The molecule has 0 aliphatic heterocycles. The average Bonchev–Trinajstić information content (AvgIpc) is 2.95. The lowest BCUT2D eigenvalue weighted by Crippen LogP contribution is -2.04. The number of fused-ring (bicyclic) bond motifs is 1. The number of nitrogens with one attached hydrogen (secondary N) is 1. The average molecular weight is 242 g/mol. The predicted octanol–water partition coefficient (Wildman–Crippen LogP) is 1.05. The first-order chi connectivity index (χ1) is 8.65. The Kier molecular flexibility index (Phi) is 2.19. The Morgan fingerprint density at radius 3 is 2.94 bits per heavy atom. The normalized spacial score (nSPS) is 11.0. The molecule has 0 amide bonds. The highest BCUT2D eigenvalue weighted by Crippen LogP contribution is 2.16. The summed E-state index contributed by atoms with van der Waals surface area (Å²) in [5.74, 6) is 1.14. The second kappa shape index (κ2) is 3.73. The van der Waals surface area contributed by atoms with E-state index in [1.807, 2.05) is 0 Å². The molecular weight excluding hydrogens is 232 g/mol. The number of hydrogen-bond donors (Lipinski definition) is 1. The summed E-state index contributed by atoms with van der Waals surface area (Å²) in [5.41, 5.74) is 1.06. The summed E-state index contributed by atoms with van der Waals surface area (Å²) < 4.78 is 1.56. The summed E-state index contributed by atoms with van der Waals surface area (Å²) in [6.07, 6.45) is 3.34. The van der Waals surface area contributed by atoms with Gasteiger partial charge >= 0.3 is 0 Å². The third-order valence-corrected chi connectivity index (χ3v) is 2.57. The molecule has 18 heavy (non-hydrogen) atoms. The van der Waals surface area contributed by atoms with Gasteiger partial charge in [-0.1, -0.05) is 0 Å². The zero-order valence-electron chi connectivity index (χ0n) is 9.88. The first-order valence-corrected chi connectivity index (χ1v) is 5.40. The Bertz CT molecular complexity index is 741. The van der Waals surface area contributed by atoms with Crippen LogP contribution in [0.5, 0.6) is 0 Å². The molecular formula is C11H10N6O. The summed E-state index contributed by atoms with van der Waals surface area (Å²) in [7, 11) is 0. The summed E-state index contributed by atoms with van der Waals surface area (Å²) >= 11 is 0. The number of ketones is 1. The minimum Gasteiger partial charge on any atom is -0.293 e. The molecule has 7 heteroatoms. The van der Waals surface area contributed by atoms with Crippen molar-refractivity contribution >= 4 is 16.8 Å². The lowest BCUT2D eigenvalue weighted by Gasteiger charge is -2.02. The molecule has 0 aliphatic rings. The van der Waals surface area contributed by atoms with Crippen molar-refractivity contribution in [3.63, 3.8) is 0 Å². The highest BCUT2D eigenvalue weighted by molar-refractivity contribution is 5.92. The summed E-state index contributed by atoms with van der Waals surface area (Å²) in [4.78, 5) is 19.8. The first-order valence-electron chi connectivity index (χ1n) is 5.40. The topological polar surface area (TPSA) is 89.4 Å². The minimum atomic E-state index is -0.0806. The van der Waals surface area contributed by atoms with Crippen LogP contribution in [0.25, 0.3) is 16.9 Å². The van der Waals surface area contributed by atoms with E-state index in [0.717, 1.165) is 5.39 Å². The van der Waals surface area contributed by atoms with Gasteiger partial charge in [0.15, 0.2) is 17.2 Å². The largest absolute Gasteiger partial charge is 0.293 e. The molecule has 7 nitrogen and oxygen atoms in total. The molecule has 3 heterocycles. The van der Waals surface area contributed by atoms with E-state index >= 15 is 0 Å². The van der Waals surface area contributed by atoms with E-state index in [1.165, 1.54) is 6.92 Å². The van der Waals surface area contributed by atoms with E-state index in [1.54, 1.807) is 30.1 Å². The maximum Gasteiger partial charge on any atom is 0.179 e. The number of aryl methyl sites for hydroxylation is 1. The molecule has 0 radical (unpaired) electrons. The first kappa shape index (κ1) is 10.6. The van der Waals surface area contributed by atoms with Crippen molar-refractivity contribution in [1.82, 2.24) is 29.9 Å². The van der Waals surface area contributed by atoms with Gasteiger partial charge in [0.2, 0.25) is 0 Å². The van der Waals surface area contributed by atoms with Gasteiger partial charge in [0.05, 0.1) is 11.6 Å². The molecule has 3 rings (SSSR count). The Hall–Kier alpha value is -2.57. The lowest BCUT2D eigenvalue weighted by atomic mass is 10.3. The highest BCUT2D eigenvalue weighted by Gasteiger charge is 2.12. The number of hydrogen-bond acceptors (Lipinski definition) is 5. The third-order valence-electron chi connectivity index (χ3n) is 2.57. The van der Waals surface area contributed by atoms with Crippen molar-refractivity contribution in [2.24, 2.45) is 0 Å². The third kappa shape index (κ3) is 1.56. The smallest absolute Gasteiger partial charge is 0.179 e. The molecule has 0 unspecified atom stereocenters. The van der Waals surface area contributed by atoms with Crippen molar-refractivity contribution < 1.29 is 4.79 Å². The van der Waals surface area contributed by atoms with Crippen molar-refractivity contribution in [3.8, 4) is 5.82 Å². The number of nitrogens with zero attached hydrogens (tertiary/aromatic N) is 5. The molecule has 0 spiro atoms. The van der Waals surface area contributed by atoms with E-state index in [0.29, 0.717) is 23.0 Å². The number of carbonyl (C=O) groups excluding carboxylic acids is 1. The van der Waals surface area contributed by atoms with Gasteiger partial charge in [0, 0.05) is 13.1 Å². The van der Waals surface area contributed by atoms with Gasteiger partial charge in [0.1, 0.15) is 11.5 Å². The van der Waals surface area contributed by atoms with E-state index < -0.39 is 0 Å². The van der Waals surface area contributed by atoms with E-state index in [9.17, 15) is 4.79 Å². The maximum atomic E-state index is 11.2. The Labute approximate surface area is 102 Å². The molecule has 0 aromatic carbocycles. The molecule has 90 valence electrons. The number of Topliss-reactive ketones (excluding diaryl/α,β-unsaturated/α-hetero) is 1. The molecule has 0 fully saturated rings. The quantitative estimate of drug-likeness (QED) is 0.678. The van der Waals surface area contributed by atoms with E-state index in [2.05, 4.69) is 25.3 Å². The van der Waals surface area contributed by atoms with Crippen molar-refractivity contribution in [2.75, 3.05) is 0 Å². The zero-order valence-corrected chi connectivity index (χ0v) is 9.88. The number of H-pyrrole nitrogens is 1. The fourth-order valence-corrected chi connectivity index (χ4v) is 1.73. The molecule has 3 aromatic rings. The monoisotopic (exact) mass is 242 g/mol. The van der Waals surface area contributed by atoms with Gasteiger partial charge in [0.25, 0.3) is 0 Å². The van der Waals surface area contributed by atoms with Crippen molar-refractivity contribution in [3.05, 3.63) is 30.0 Å². The molecule has 0 bridgehead atoms. The van der Waals surface area contributed by atoms with Crippen LogP contribution in [-0.4, -0.2) is 35.7 Å². The standard InChI is InChI=1S/C11H10N6O/c1-6(18)9-3-4-17(16-9)11-8-5-12-15-10(8)13-7(2)14-11/h3-5H,1-2H3,(H,12,13,14,15). The van der Waals surface area contributed by atoms with Crippen LogP contribution in [0.3, 0.4) is 0 Å². The summed E-state index contributed by atoms with van der Waals surface area (Å²) in [5, 5.41) is 11.7. The van der Waals surface area contributed by atoms with Crippen LogP contribution in [0.2, 0.25) is 0 Å². The predicted molar refractivity (Wildman–Crippen MR) is 63.5 cm³/mol. The number of carbonyl (C=O) groups is 1. The highest BCUT2D eigenvalue weighted by atomic mass is 16.1. The van der Waals surface area contributed by atoms with Crippen LogP contribution < -0.4 is 0 Å². The fraction of sp³-hybridized carbons (Fsp3) is 0.182. The number of rotatable bonds is 2. The van der Waals surface area contributed by atoms with Gasteiger partial charge in [-0.15, -0.1) is 0 Å².